The first kappa shape index (κ1) is 41.8. The number of ketones is 1. The number of nitrogens with zero attached hydrogens (tertiary/aromatic N) is 1. The molecule has 0 saturated heterocycles. The van der Waals surface area contributed by atoms with E-state index >= 15 is 0 Å². The van der Waals surface area contributed by atoms with Crippen LogP contribution >= 0.6 is 11.6 Å². The van der Waals surface area contributed by atoms with E-state index in [0.29, 0.717) is 0 Å². The number of benzene rings is 3. The van der Waals surface area contributed by atoms with Gasteiger partial charge in [-0.3, -0.25) is 14.9 Å². The van der Waals surface area contributed by atoms with Crippen LogP contribution in [-0.2, 0) is 18.4 Å². The van der Waals surface area contributed by atoms with Crippen LogP contribution < -0.4 is 15.7 Å². The van der Waals surface area contributed by atoms with Crippen LogP contribution in [0.3, 0.4) is 0 Å². The van der Waals surface area contributed by atoms with Crippen molar-refractivity contribution in [3.63, 3.8) is 0 Å². The molecule has 0 aliphatic rings. The molecule has 0 fully saturated rings. The highest BCUT2D eigenvalue weighted by Crippen LogP contribution is 2.39. The zero-order valence-corrected chi connectivity index (χ0v) is 34.5. The molecule has 1 amide bonds. The van der Waals surface area contributed by atoms with E-state index in [2.05, 4.69) is 60.0 Å². The molecule has 1 N–H and O–H groups in total. The number of halogens is 1. The summed E-state index contributed by atoms with van der Waals surface area (Å²) >= 11 is 6.22. The topological polar surface area (TPSA) is 117 Å². The number of amides is 1. The minimum Gasteiger partial charge on any atom is -0.444 e. The molecule has 0 aromatic heterocycles. The van der Waals surface area contributed by atoms with Gasteiger partial charge < -0.3 is 18.9 Å². The van der Waals surface area contributed by atoms with Crippen molar-refractivity contribution in [1.82, 2.24) is 5.32 Å². The third kappa shape index (κ3) is 10.7. The number of ether oxygens (including phenoxy) is 1. The number of alkyl carbamates (subject to hydrolysis) is 1. The molecule has 3 aromatic carbocycles. The van der Waals surface area contributed by atoms with Gasteiger partial charge in [-0.05, 0) is 78.6 Å². The summed E-state index contributed by atoms with van der Waals surface area (Å²) < 4.78 is 19.8. The molecule has 51 heavy (non-hydrogen) atoms. The molecule has 0 saturated carbocycles. The van der Waals surface area contributed by atoms with Crippen LogP contribution in [0.2, 0.25) is 28.2 Å². The Labute approximate surface area is 310 Å². The summed E-state index contributed by atoms with van der Waals surface area (Å²) in [6.45, 7) is 22.0. The summed E-state index contributed by atoms with van der Waals surface area (Å²) in [5.41, 5.74) is -0.879. The Morgan fingerprint density at radius 1 is 0.863 bits per heavy atom. The van der Waals surface area contributed by atoms with Crippen molar-refractivity contribution in [2.75, 3.05) is 6.61 Å². The van der Waals surface area contributed by atoms with Crippen LogP contribution in [0.25, 0.3) is 6.08 Å². The average molecular weight is 753 g/mol. The fraction of sp³-hybridized carbons (Fsp3) is 0.436. The lowest BCUT2D eigenvalue weighted by molar-refractivity contribution is -0.385. The van der Waals surface area contributed by atoms with Gasteiger partial charge in [-0.1, -0.05) is 114 Å². The van der Waals surface area contributed by atoms with Gasteiger partial charge in [-0.15, -0.1) is 0 Å². The Hall–Kier alpha value is -3.62. The number of hydrogen-bond donors (Lipinski definition) is 1. The van der Waals surface area contributed by atoms with Crippen molar-refractivity contribution in [2.24, 2.45) is 0 Å². The van der Waals surface area contributed by atoms with Crippen LogP contribution in [0.15, 0.2) is 84.9 Å². The molecule has 0 aliphatic heterocycles. The second-order valence-electron chi connectivity index (χ2n) is 16.2. The van der Waals surface area contributed by atoms with E-state index in [9.17, 15) is 19.7 Å². The van der Waals surface area contributed by atoms with Gasteiger partial charge in [0.05, 0.1) is 23.1 Å². The molecular formula is C39H53ClN2O7Si2. The number of rotatable bonds is 13. The van der Waals surface area contributed by atoms with Gasteiger partial charge in [0, 0.05) is 11.1 Å². The van der Waals surface area contributed by atoms with E-state index in [-0.39, 0.29) is 27.9 Å². The molecule has 0 spiro atoms. The Bertz CT molecular complexity index is 1660. The highest BCUT2D eigenvalue weighted by molar-refractivity contribution is 6.99. The third-order valence-corrected chi connectivity index (χ3v) is 18.9. The lowest BCUT2D eigenvalue weighted by Crippen LogP contribution is -2.70. The third-order valence-electron chi connectivity index (χ3n) is 9.11. The standard InChI is InChI=1S/C39H53ClN2O7Si2/c1-37(2,3)48-36(44)41-32(27-47-50(10,11)38(4,5)6)35(34(43)25-22-28-26-29(40)23-24-33(28)42(45)46)49-51(39(7,8)9,30-18-14-12-15-19-30)31-20-16-13-17-21-31/h12-26,32,35H,27H2,1-11H3,(H,41,44)/b25-22+/t32-,35-/m1/s1. The molecule has 12 heteroatoms. The van der Waals surface area contributed by atoms with Crippen molar-refractivity contribution >= 4 is 62.2 Å². The fourth-order valence-corrected chi connectivity index (χ4v) is 11.4. The Kier molecular flexibility index (Phi) is 13.4. The molecular weight excluding hydrogens is 700 g/mol. The van der Waals surface area contributed by atoms with Crippen molar-refractivity contribution in [3.8, 4) is 0 Å². The largest absolute Gasteiger partial charge is 0.444 e. The van der Waals surface area contributed by atoms with Crippen molar-refractivity contribution < 1.29 is 28.1 Å². The first-order valence-corrected chi connectivity index (χ1v) is 22.3. The molecule has 0 aliphatic carbocycles. The minimum atomic E-state index is -3.41. The fourth-order valence-electron chi connectivity index (χ4n) is 5.49. The zero-order chi connectivity index (χ0) is 38.4. The van der Waals surface area contributed by atoms with E-state index in [0.717, 1.165) is 10.4 Å². The number of carbonyl (C=O) groups is 2. The summed E-state index contributed by atoms with van der Waals surface area (Å²) in [4.78, 5) is 39.6. The van der Waals surface area contributed by atoms with Gasteiger partial charge in [-0.25, -0.2) is 4.79 Å². The monoisotopic (exact) mass is 752 g/mol. The lowest BCUT2D eigenvalue weighted by Gasteiger charge is -2.46. The molecule has 9 nitrogen and oxygen atoms in total. The quantitative estimate of drug-likeness (QED) is 0.0804. The maximum absolute atomic E-state index is 14.8. The highest BCUT2D eigenvalue weighted by atomic mass is 35.5. The number of nitro groups is 1. The number of hydrogen-bond acceptors (Lipinski definition) is 7. The van der Waals surface area contributed by atoms with Gasteiger partial charge in [0.2, 0.25) is 0 Å². The maximum Gasteiger partial charge on any atom is 0.408 e. The second kappa shape index (κ2) is 16.4. The van der Waals surface area contributed by atoms with Gasteiger partial charge in [0.1, 0.15) is 11.7 Å². The predicted octanol–water partition coefficient (Wildman–Crippen LogP) is 8.69. The number of carbonyl (C=O) groups excluding carboxylic acids is 2. The average Bonchev–Trinajstić information content (AvgIpc) is 3.01. The normalized spacial score (nSPS) is 14.2. The molecule has 2 atom stereocenters. The summed E-state index contributed by atoms with van der Waals surface area (Å²) in [6.07, 6.45) is 0.595. The zero-order valence-electron chi connectivity index (χ0n) is 31.7. The second-order valence-corrected chi connectivity index (χ2v) is 25.7. The maximum atomic E-state index is 14.8. The highest BCUT2D eigenvalue weighted by Gasteiger charge is 2.53. The van der Waals surface area contributed by atoms with Gasteiger partial charge in [0.15, 0.2) is 14.1 Å². The summed E-state index contributed by atoms with van der Waals surface area (Å²) in [5, 5.41) is 16.3. The Morgan fingerprint density at radius 3 is 1.84 bits per heavy atom. The van der Waals surface area contributed by atoms with E-state index in [1.807, 2.05) is 60.7 Å². The molecule has 276 valence electrons. The van der Waals surface area contributed by atoms with Crippen molar-refractivity contribution in [2.45, 2.75) is 103 Å². The van der Waals surface area contributed by atoms with E-state index in [1.165, 1.54) is 30.4 Å². The van der Waals surface area contributed by atoms with E-state index in [4.69, 9.17) is 25.2 Å². The molecule has 3 rings (SSSR count). The summed E-state index contributed by atoms with van der Waals surface area (Å²) in [5.74, 6) is -0.517. The molecule has 3 aromatic rings. The SMILES string of the molecule is CC(C)(C)OC(=O)N[C@H](CO[Si](C)(C)C(C)(C)C)[C@@H](O[Si](c1ccccc1)(c1ccccc1)C(C)(C)C)C(=O)/C=C/c1cc(Cl)ccc1[N+](=O)[O-]. The van der Waals surface area contributed by atoms with Gasteiger partial charge in [0.25, 0.3) is 14.0 Å². The van der Waals surface area contributed by atoms with Crippen molar-refractivity contribution in [1.29, 1.82) is 0 Å². The minimum absolute atomic E-state index is 0.0461. The van der Waals surface area contributed by atoms with E-state index < -0.39 is 56.2 Å². The van der Waals surface area contributed by atoms with Crippen LogP contribution in [0, 0.1) is 10.1 Å². The van der Waals surface area contributed by atoms with Crippen LogP contribution in [-0.4, -0.2) is 57.8 Å². The summed E-state index contributed by atoms with van der Waals surface area (Å²) in [7, 11) is -5.84. The Morgan fingerprint density at radius 2 is 1.39 bits per heavy atom. The number of nitro benzene ring substituents is 1. The number of nitrogens with one attached hydrogen (secondary N) is 1. The first-order valence-electron chi connectivity index (χ1n) is 17.1. The first-order chi connectivity index (χ1) is 23.5. The summed E-state index contributed by atoms with van der Waals surface area (Å²) in [6, 6.07) is 22.8. The van der Waals surface area contributed by atoms with Gasteiger partial charge in [-0.2, -0.15) is 0 Å². The molecule has 0 heterocycles. The molecule has 0 radical (unpaired) electrons. The smallest absolute Gasteiger partial charge is 0.408 e. The predicted molar refractivity (Wildman–Crippen MR) is 211 cm³/mol. The van der Waals surface area contributed by atoms with Crippen LogP contribution in [0.1, 0.15) is 67.9 Å². The van der Waals surface area contributed by atoms with E-state index in [1.54, 1.807) is 20.8 Å². The molecule has 0 bridgehead atoms. The molecule has 0 unspecified atom stereocenters. The Balaban J connectivity index is 2.33. The van der Waals surface area contributed by atoms with Crippen LogP contribution in [0.5, 0.6) is 0 Å². The lowest BCUT2D eigenvalue weighted by atomic mass is 10.1. The van der Waals surface area contributed by atoms with Gasteiger partial charge >= 0.3 is 6.09 Å². The van der Waals surface area contributed by atoms with Crippen molar-refractivity contribution in [3.05, 3.63) is 106 Å². The van der Waals surface area contributed by atoms with Crippen LogP contribution in [0.4, 0.5) is 10.5 Å².